The number of hydrogen-bond acceptors (Lipinski definition) is 4. The monoisotopic (exact) mass is 264 g/mol. The van der Waals surface area contributed by atoms with Gasteiger partial charge in [-0.2, -0.15) is 0 Å². The number of amides is 3. The second kappa shape index (κ2) is 4.87. The first kappa shape index (κ1) is 13.3. The van der Waals surface area contributed by atoms with Crippen LogP contribution >= 0.6 is 0 Å². The van der Waals surface area contributed by atoms with Gasteiger partial charge in [-0.15, -0.1) is 0 Å². The molecule has 0 radical (unpaired) electrons. The van der Waals surface area contributed by atoms with Gasteiger partial charge in [0.25, 0.3) is 5.91 Å². The highest BCUT2D eigenvalue weighted by Gasteiger charge is 2.29. The fraction of sp³-hybridized carbons (Fsp3) is 0.462. The Morgan fingerprint density at radius 1 is 1.26 bits per heavy atom. The van der Waals surface area contributed by atoms with E-state index in [1.165, 1.54) is 0 Å². The Morgan fingerprint density at radius 2 is 1.95 bits per heavy atom. The molecule has 1 aromatic rings. The van der Waals surface area contributed by atoms with Gasteiger partial charge in [0.15, 0.2) is 0 Å². The van der Waals surface area contributed by atoms with E-state index in [0.717, 1.165) is 5.56 Å². The summed E-state index contributed by atoms with van der Waals surface area (Å²) in [4.78, 5) is 34.8. The van der Waals surface area contributed by atoms with Crippen LogP contribution in [-0.2, 0) is 9.59 Å². The highest BCUT2D eigenvalue weighted by atomic mass is 16.3. The minimum absolute atomic E-state index is 0.235. The third-order valence-electron chi connectivity index (χ3n) is 3.33. The van der Waals surface area contributed by atoms with Gasteiger partial charge in [0.1, 0.15) is 17.6 Å². The molecule has 2 rings (SSSR count). The van der Waals surface area contributed by atoms with Crippen molar-refractivity contribution >= 4 is 17.7 Å². The lowest BCUT2D eigenvalue weighted by Gasteiger charge is -2.21. The SMILES string of the molecule is Cc1oc(C)c(C(=O)NC2CCC(=O)NC2=O)c1C. The molecule has 3 amide bonds. The summed E-state index contributed by atoms with van der Waals surface area (Å²) in [5.41, 5.74) is 1.23. The van der Waals surface area contributed by atoms with E-state index in [9.17, 15) is 14.4 Å². The average Bonchev–Trinajstić information content (AvgIpc) is 2.57. The van der Waals surface area contributed by atoms with Crippen molar-refractivity contribution in [2.75, 3.05) is 0 Å². The minimum atomic E-state index is -0.667. The summed E-state index contributed by atoms with van der Waals surface area (Å²) in [6.07, 6.45) is 0.560. The second-order valence-corrected chi connectivity index (χ2v) is 4.69. The largest absolute Gasteiger partial charge is 0.466 e. The molecule has 1 atom stereocenters. The Kier molecular flexibility index (Phi) is 3.42. The first-order valence-electron chi connectivity index (χ1n) is 6.11. The first-order chi connectivity index (χ1) is 8.90. The summed E-state index contributed by atoms with van der Waals surface area (Å²) in [7, 11) is 0. The number of piperidine rings is 1. The molecule has 0 aliphatic carbocycles. The molecule has 6 nitrogen and oxygen atoms in total. The highest BCUT2D eigenvalue weighted by Crippen LogP contribution is 2.20. The minimum Gasteiger partial charge on any atom is -0.466 e. The van der Waals surface area contributed by atoms with E-state index in [2.05, 4.69) is 10.6 Å². The van der Waals surface area contributed by atoms with Gasteiger partial charge in [0.2, 0.25) is 11.8 Å². The number of carbonyl (C=O) groups excluding carboxylic acids is 3. The van der Waals surface area contributed by atoms with Crippen molar-refractivity contribution < 1.29 is 18.8 Å². The van der Waals surface area contributed by atoms with Gasteiger partial charge in [-0.3, -0.25) is 19.7 Å². The Hall–Kier alpha value is -2.11. The van der Waals surface area contributed by atoms with Crippen molar-refractivity contribution in [2.24, 2.45) is 0 Å². The Bertz CT molecular complexity index is 559. The summed E-state index contributed by atoms with van der Waals surface area (Å²) in [6, 6.07) is -0.667. The van der Waals surface area contributed by atoms with Crippen molar-refractivity contribution in [3.63, 3.8) is 0 Å². The van der Waals surface area contributed by atoms with Crippen LogP contribution in [0.2, 0.25) is 0 Å². The van der Waals surface area contributed by atoms with Crippen molar-refractivity contribution in [1.82, 2.24) is 10.6 Å². The number of furan rings is 1. The maximum absolute atomic E-state index is 12.2. The Labute approximate surface area is 110 Å². The van der Waals surface area contributed by atoms with Gasteiger partial charge in [-0.25, -0.2) is 0 Å². The lowest BCUT2D eigenvalue weighted by atomic mass is 10.0. The van der Waals surface area contributed by atoms with Crippen LogP contribution in [0.4, 0.5) is 0 Å². The van der Waals surface area contributed by atoms with Gasteiger partial charge < -0.3 is 9.73 Å². The number of imide groups is 1. The van der Waals surface area contributed by atoms with Crippen LogP contribution in [-0.4, -0.2) is 23.8 Å². The quantitative estimate of drug-likeness (QED) is 0.771. The highest BCUT2D eigenvalue weighted by molar-refractivity contribution is 6.04. The molecule has 0 bridgehead atoms. The van der Waals surface area contributed by atoms with E-state index in [0.29, 0.717) is 23.5 Å². The van der Waals surface area contributed by atoms with E-state index in [1.807, 2.05) is 0 Å². The average molecular weight is 264 g/mol. The predicted octanol–water partition coefficient (Wildman–Crippen LogP) is 0.740. The lowest BCUT2D eigenvalue weighted by Crippen LogP contribution is -2.52. The van der Waals surface area contributed by atoms with Gasteiger partial charge in [0.05, 0.1) is 5.56 Å². The molecule has 1 unspecified atom stereocenters. The number of rotatable bonds is 2. The molecule has 0 spiro atoms. The molecule has 1 fully saturated rings. The number of nitrogens with one attached hydrogen (secondary N) is 2. The summed E-state index contributed by atoms with van der Waals surface area (Å²) >= 11 is 0. The normalized spacial score (nSPS) is 19.2. The zero-order chi connectivity index (χ0) is 14.2. The summed E-state index contributed by atoms with van der Waals surface area (Å²) in [5.74, 6) is 0.106. The van der Waals surface area contributed by atoms with Crippen LogP contribution in [0.1, 0.15) is 40.3 Å². The molecule has 2 N–H and O–H groups in total. The van der Waals surface area contributed by atoms with E-state index in [4.69, 9.17) is 4.42 Å². The second-order valence-electron chi connectivity index (χ2n) is 4.69. The van der Waals surface area contributed by atoms with Gasteiger partial charge >= 0.3 is 0 Å². The number of aryl methyl sites for hydroxylation is 2. The van der Waals surface area contributed by atoms with E-state index >= 15 is 0 Å². The number of hydrogen-bond donors (Lipinski definition) is 2. The Morgan fingerprint density at radius 3 is 2.47 bits per heavy atom. The standard InChI is InChI=1S/C13H16N2O4/c1-6-7(2)19-8(3)11(6)13(18)14-9-4-5-10(16)15-12(9)17/h9H,4-5H2,1-3H3,(H,14,18)(H,15,16,17). The lowest BCUT2D eigenvalue weighted by molar-refractivity contribution is -0.134. The third-order valence-corrected chi connectivity index (χ3v) is 3.33. The molecule has 2 heterocycles. The molecule has 1 aliphatic heterocycles. The van der Waals surface area contributed by atoms with Crippen molar-refractivity contribution in [3.8, 4) is 0 Å². The van der Waals surface area contributed by atoms with E-state index in [-0.39, 0.29) is 18.2 Å². The van der Waals surface area contributed by atoms with Crippen LogP contribution in [0.3, 0.4) is 0 Å². The molecule has 0 saturated carbocycles. The van der Waals surface area contributed by atoms with Crippen molar-refractivity contribution in [1.29, 1.82) is 0 Å². The third kappa shape index (κ3) is 2.52. The molecule has 1 aliphatic rings. The zero-order valence-electron chi connectivity index (χ0n) is 11.1. The zero-order valence-corrected chi connectivity index (χ0v) is 11.1. The molecule has 102 valence electrons. The topological polar surface area (TPSA) is 88.4 Å². The van der Waals surface area contributed by atoms with Gasteiger partial charge in [0, 0.05) is 12.0 Å². The first-order valence-corrected chi connectivity index (χ1v) is 6.11. The Balaban J connectivity index is 2.13. The maximum atomic E-state index is 12.2. The molecule has 6 heteroatoms. The predicted molar refractivity (Wildman–Crippen MR) is 66.6 cm³/mol. The summed E-state index contributed by atoms with van der Waals surface area (Å²) in [6.45, 7) is 5.29. The van der Waals surface area contributed by atoms with Crippen LogP contribution in [0.25, 0.3) is 0 Å². The van der Waals surface area contributed by atoms with Crippen molar-refractivity contribution in [2.45, 2.75) is 39.7 Å². The molecular formula is C13H16N2O4. The van der Waals surface area contributed by atoms with Crippen molar-refractivity contribution in [3.05, 3.63) is 22.6 Å². The molecule has 19 heavy (non-hydrogen) atoms. The van der Waals surface area contributed by atoms with Gasteiger partial charge in [-0.1, -0.05) is 0 Å². The maximum Gasteiger partial charge on any atom is 0.255 e. The molecule has 1 aromatic heterocycles. The fourth-order valence-electron chi connectivity index (χ4n) is 2.19. The summed E-state index contributed by atoms with van der Waals surface area (Å²) in [5, 5.41) is 4.84. The van der Waals surface area contributed by atoms with Crippen LogP contribution in [0.5, 0.6) is 0 Å². The van der Waals surface area contributed by atoms with E-state index in [1.54, 1.807) is 20.8 Å². The molecule has 0 aromatic carbocycles. The van der Waals surface area contributed by atoms with Crippen LogP contribution in [0.15, 0.2) is 4.42 Å². The fourth-order valence-corrected chi connectivity index (χ4v) is 2.19. The molecular weight excluding hydrogens is 248 g/mol. The molecule has 1 saturated heterocycles. The number of carbonyl (C=O) groups is 3. The summed E-state index contributed by atoms with van der Waals surface area (Å²) < 4.78 is 5.38. The van der Waals surface area contributed by atoms with Crippen LogP contribution < -0.4 is 10.6 Å². The smallest absolute Gasteiger partial charge is 0.255 e. The van der Waals surface area contributed by atoms with Crippen LogP contribution in [0, 0.1) is 20.8 Å². The van der Waals surface area contributed by atoms with Gasteiger partial charge in [-0.05, 0) is 27.2 Å². The van der Waals surface area contributed by atoms with E-state index < -0.39 is 11.9 Å².